The molecule has 1 atom stereocenters. The molecule has 0 unspecified atom stereocenters. The van der Waals surface area contributed by atoms with Crippen molar-refractivity contribution in [3.63, 3.8) is 0 Å². The number of aromatic nitrogens is 2. The second kappa shape index (κ2) is 7.34. The number of carbonyl (C=O) groups excluding carboxylic acids is 1. The third-order valence-corrected chi connectivity index (χ3v) is 5.16. The van der Waals surface area contributed by atoms with Crippen molar-refractivity contribution in [2.45, 2.75) is 32.2 Å². The molecule has 0 saturated carbocycles. The summed E-state index contributed by atoms with van der Waals surface area (Å²) in [5.74, 6) is 0.265. The molecule has 7 heteroatoms. The molecule has 2 saturated heterocycles. The Hall–Kier alpha value is -1.89. The van der Waals surface area contributed by atoms with Gasteiger partial charge in [-0.2, -0.15) is 5.10 Å². The summed E-state index contributed by atoms with van der Waals surface area (Å²) in [7, 11) is 1.64. The Kier molecular flexibility index (Phi) is 5.18. The van der Waals surface area contributed by atoms with Gasteiger partial charge in [0.1, 0.15) is 0 Å². The van der Waals surface area contributed by atoms with Crippen LogP contribution in [0.15, 0.2) is 17.1 Å². The van der Waals surface area contributed by atoms with Crippen LogP contribution in [0.4, 0.5) is 5.69 Å². The Morgan fingerprint density at radius 3 is 2.42 bits per heavy atom. The van der Waals surface area contributed by atoms with Crippen LogP contribution in [-0.2, 0) is 11.8 Å². The molecule has 2 aliphatic rings. The molecule has 0 aromatic carbocycles. The highest BCUT2D eigenvalue weighted by Gasteiger charge is 2.31. The van der Waals surface area contributed by atoms with Gasteiger partial charge >= 0.3 is 0 Å². The van der Waals surface area contributed by atoms with E-state index in [0.29, 0.717) is 13.1 Å². The molecular weight excluding hydrogens is 306 g/mol. The molecule has 1 aromatic heterocycles. The van der Waals surface area contributed by atoms with E-state index in [1.54, 1.807) is 19.3 Å². The Balaban J connectivity index is 1.60. The maximum Gasteiger partial charge on any atom is 0.268 e. The van der Waals surface area contributed by atoms with Gasteiger partial charge in [-0.25, -0.2) is 4.68 Å². The predicted molar refractivity (Wildman–Crippen MR) is 93.2 cm³/mol. The van der Waals surface area contributed by atoms with Crippen LogP contribution in [0.5, 0.6) is 0 Å². The summed E-state index contributed by atoms with van der Waals surface area (Å²) >= 11 is 0. The number of anilines is 1. The van der Waals surface area contributed by atoms with E-state index in [1.807, 2.05) is 4.90 Å². The van der Waals surface area contributed by atoms with Gasteiger partial charge in [0.05, 0.1) is 17.9 Å². The van der Waals surface area contributed by atoms with Gasteiger partial charge in [-0.3, -0.25) is 14.5 Å². The summed E-state index contributed by atoms with van der Waals surface area (Å²) in [6.07, 6.45) is 5.00. The van der Waals surface area contributed by atoms with Crippen LogP contribution in [-0.4, -0.2) is 70.8 Å². The summed E-state index contributed by atoms with van der Waals surface area (Å²) in [6, 6.07) is 1.65. The minimum atomic E-state index is -0.105. The number of hydrogen-bond donors (Lipinski definition) is 0. The Labute approximate surface area is 142 Å². The van der Waals surface area contributed by atoms with Crippen LogP contribution in [0.3, 0.4) is 0 Å². The fourth-order valence-electron chi connectivity index (χ4n) is 3.67. The molecule has 2 aliphatic heterocycles. The van der Waals surface area contributed by atoms with Crippen LogP contribution in [0, 0.1) is 0 Å². The molecule has 3 rings (SSSR count). The highest BCUT2D eigenvalue weighted by atomic mass is 16.2. The number of hydrogen-bond acceptors (Lipinski definition) is 5. The van der Waals surface area contributed by atoms with Gasteiger partial charge in [0.15, 0.2) is 0 Å². The number of carbonyl (C=O) groups is 1. The van der Waals surface area contributed by atoms with Crippen LogP contribution < -0.4 is 10.5 Å². The maximum atomic E-state index is 12.9. The first-order valence-electron chi connectivity index (χ1n) is 8.91. The van der Waals surface area contributed by atoms with E-state index in [9.17, 15) is 9.59 Å². The number of amides is 1. The van der Waals surface area contributed by atoms with Gasteiger partial charge < -0.3 is 9.80 Å². The molecule has 7 nitrogen and oxygen atoms in total. The van der Waals surface area contributed by atoms with Gasteiger partial charge in [0.25, 0.3) is 5.56 Å². The molecule has 0 N–H and O–H groups in total. The van der Waals surface area contributed by atoms with E-state index < -0.39 is 0 Å². The first-order chi connectivity index (χ1) is 11.6. The van der Waals surface area contributed by atoms with Gasteiger partial charge in [-0.1, -0.05) is 6.92 Å². The van der Waals surface area contributed by atoms with E-state index in [4.69, 9.17) is 0 Å². The van der Waals surface area contributed by atoms with Crippen LogP contribution >= 0.6 is 0 Å². The van der Waals surface area contributed by atoms with E-state index in [2.05, 4.69) is 21.8 Å². The molecule has 132 valence electrons. The lowest BCUT2D eigenvalue weighted by molar-refractivity contribution is -0.137. The topological polar surface area (TPSA) is 61.7 Å². The first kappa shape index (κ1) is 17.0. The minimum absolute atomic E-state index is 0.0322. The fourth-order valence-corrected chi connectivity index (χ4v) is 3.67. The monoisotopic (exact) mass is 333 g/mol. The molecule has 1 aromatic rings. The fraction of sp³-hybridized carbons (Fsp3) is 0.706. The molecule has 3 heterocycles. The van der Waals surface area contributed by atoms with Crippen molar-refractivity contribution >= 4 is 11.6 Å². The summed E-state index contributed by atoms with van der Waals surface area (Å²) in [5, 5.41) is 4.08. The average molecular weight is 333 g/mol. The Morgan fingerprint density at radius 2 is 1.83 bits per heavy atom. The third-order valence-electron chi connectivity index (χ3n) is 5.16. The van der Waals surface area contributed by atoms with Crippen molar-refractivity contribution in [2.24, 2.45) is 7.05 Å². The van der Waals surface area contributed by atoms with Crippen molar-refractivity contribution in [2.75, 3.05) is 44.2 Å². The molecule has 0 spiro atoms. The van der Waals surface area contributed by atoms with Crippen molar-refractivity contribution < 1.29 is 4.79 Å². The lowest BCUT2D eigenvalue weighted by Gasteiger charge is -2.38. The van der Waals surface area contributed by atoms with Gasteiger partial charge in [0, 0.05) is 39.3 Å². The highest BCUT2D eigenvalue weighted by Crippen LogP contribution is 2.18. The second-order valence-electron chi connectivity index (χ2n) is 6.66. The number of nitrogens with zero attached hydrogens (tertiary/aromatic N) is 5. The zero-order valence-electron chi connectivity index (χ0n) is 14.6. The van der Waals surface area contributed by atoms with Gasteiger partial charge in [-0.15, -0.1) is 0 Å². The average Bonchev–Trinajstić information content (AvgIpc) is 3.12. The lowest BCUT2D eigenvalue weighted by atomic mass is 10.1. The summed E-state index contributed by atoms with van der Waals surface area (Å²) in [5.41, 5.74) is 0.739. The maximum absolute atomic E-state index is 12.9. The van der Waals surface area contributed by atoms with Crippen LogP contribution in [0.25, 0.3) is 0 Å². The highest BCUT2D eigenvalue weighted by molar-refractivity contribution is 5.82. The Morgan fingerprint density at radius 1 is 1.17 bits per heavy atom. The van der Waals surface area contributed by atoms with Gasteiger partial charge in [0.2, 0.25) is 5.91 Å². The second-order valence-corrected chi connectivity index (χ2v) is 6.66. The summed E-state index contributed by atoms with van der Waals surface area (Å²) in [4.78, 5) is 31.0. The SMILES string of the molecule is CC[C@@H](C(=O)N1CCN(c2cnn(C)c(=O)c2)CC1)N1CCCC1. The number of aryl methyl sites for hydroxylation is 1. The van der Waals surface area contributed by atoms with E-state index >= 15 is 0 Å². The van der Waals surface area contributed by atoms with Crippen LogP contribution in [0.1, 0.15) is 26.2 Å². The molecule has 0 radical (unpaired) electrons. The van der Waals surface area contributed by atoms with Crippen molar-refractivity contribution in [1.29, 1.82) is 0 Å². The predicted octanol–water partition coefficient (Wildman–Crippen LogP) is 0.303. The normalized spacial score (nSPS) is 20.4. The van der Waals surface area contributed by atoms with Crippen molar-refractivity contribution in [3.05, 3.63) is 22.6 Å². The first-order valence-corrected chi connectivity index (χ1v) is 8.91. The van der Waals surface area contributed by atoms with Gasteiger partial charge in [-0.05, 0) is 32.4 Å². The van der Waals surface area contributed by atoms with Crippen molar-refractivity contribution in [1.82, 2.24) is 19.6 Å². The largest absolute Gasteiger partial charge is 0.367 e. The minimum Gasteiger partial charge on any atom is -0.367 e. The quantitative estimate of drug-likeness (QED) is 0.793. The standard InChI is InChI=1S/C17H27N5O2/c1-3-15(21-6-4-5-7-21)17(24)22-10-8-20(9-11-22)14-12-16(23)19(2)18-13-14/h12-13,15H,3-11H2,1-2H3/t15-/m0/s1. The smallest absolute Gasteiger partial charge is 0.268 e. The number of piperazine rings is 1. The molecule has 1 amide bonds. The van der Waals surface area contributed by atoms with E-state index in [0.717, 1.165) is 38.3 Å². The van der Waals surface area contributed by atoms with E-state index in [-0.39, 0.29) is 17.5 Å². The Bertz CT molecular complexity index is 630. The molecular formula is C17H27N5O2. The molecule has 2 fully saturated rings. The zero-order chi connectivity index (χ0) is 17.1. The molecule has 0 aliphatic carbocycles. The third kappa shape index (κ3) is 3.45. The molecule has 0 bridgehead atoms. The van der Waals surface area contributed by atoms with Crippen molar-refractivity contribution in [3.8, 4) is 0 Å². The summed E-state index contributed by atoms with van der Waals surface area (Å²) < 4.78 is 1.32. The van der Waals surface area contributed by atoms with E-state index in [1.165, 1.54) is 17.5 Å². The summed E-state index contributed by atoms with van der Waals surface area (Å²) in [6.45, 7) is 7.10. The number of likely N-dealkylation sites (tertiary alicyclic amines) is 1. The zero-order valence-corrected chi connectivity index (χ0v) is 14.6. The number of rotatable bonds is 4. The lowest BCUT2D eigenvalue weighted by Crippen LogP contribution is -2.54. The van der Waals surface area contributed by atoms with Crippen LogP contribution in [0.2, 0.25) is 0 Å². The molecule has 24 heavy (non-hydrogen) atoms.